The Balaban J connectivity index is 1.84. The van der Waals surface area contributed by atoms with Gasteiger partial charge in [0.15, 0.2) is 5.96 Å². The predicted molar refractivity (Wildman–Crippen MR) is 106 cm³/mol. The molecule has 0 saturated heterocycles. The van der Waals surface area contributed by atoms with Crippen LogP contribution in [0.1, 0.15) is 30.2 Å². The molecule has 0 unspecified atom stereocenters. The highest BCUT2D eigenvalue weighted by atomic mass is 19.4. The van der Waals surface area contributed by atoms with E-state index in [1.165, 1.54) is 12.1 Å². The summed E-state index contributed by atoms with van der Waals surface area (Å²) >= 11 is 0. The lowest BCUT2D eigenvalue weighted by atomic mass is 10.1. The first-order valence-corrected chi connectivity index (χ1v) is 9.19. The molecule has 3 N–H and O–H groups in total. The average molecular weight is 407 g/mol. The second kappa shape index (κ2) is 10.4. The zero-order chi connectivity index (χ0) is 21.3. The third-order valence-corrected chi connectivity index (χ3v) is 3.85. The number of guanidine groups is 1. The second-order valence-electron chi connectivity index (χ2n) is 6.28. The van der Waals surface area contributed by atoms with Crippen LogP contribution in [0.2, 0.25) is 0 Å². The quantitative estimate of drug-likeness (QED) is 0.485. The van der Waals surface area contributed by atoms with E-state index in [1.807, 2.05) is 26.0 Å². The van der Waals surface area contributed by atoms with Crippen LogP contribution in [0.15, 0.2) is 47.5 Å². The van der Waals surface area contributed by atoms with Crippen molar-refractivity contribution in [1.82, 2.24) is 15.6 Å². The summed E-state index contributed by atoms with van der Waals surface area (Å²) in [5.74, 6) is 0.793. The molecule has 1 aromatic carbocycles. The number of hydrogen-bond donors (Lipinski definition) is 3. The molecule has 0 fully saturated rings. The molecular weight excluding hydrogens is 383 g/mol. The first-order valence-electron chi connectivity index (χ1n) is 9.19. The second-order valence-corrected chi connectivity index (χ2v) is 6.28. The van der Waals surface area contributed by atoms with Crippen LogP contribution >= 0.6 is 0 Å². The van der Waals surface area contributed by atoms with Crippen molar-refractivity contribution in [3.8, 4) is 0 Å². The normalized spacial score (nSPS) is 11.8. The van der Waals surface area contributed by atoms with E-state index in [0.717, 1.165) is 17.8 Å². The molecule has 0 aliphatic carbocycles. The number of aliphatic imine (C=N–C) groups is 1. The molecule has 9 heteroatoms. The van der Waals surface area contributed by atoms with Crippen molar-refractivity contribution in [2.75, 3.05) is 18.4 Å². The Morgan fingerprint density at radius 2 is 1.83 bits per heavy atom. The maximum atomic E-state index is 12.6. The minimum absolute atomic E-state index is 0.186. The van der Waals surface area contributed by atoms with Gasteiger partial charge in [-0.3, -0.25) is 4.79 Å². The molecular formula is C20H24F3N5O. The number of amides is 1. The number of anilines is 1. The fourth-order valence-corrected chi connectivity index (χ4v) is 2.42. The minimum Gasteiger partial charge on any atom is -0.357 e. The van der Waals surface area contributed by atoms with Gasteiger partial charge in [0.1, 0.15) is 5.82 Å². The highest BCUT2D eigenvalue weighted by molar-refractivity contribution is 5.90. The van der Waals surface area contributed by atoms with E-state index in [0.29, 0.717) is 30.4 Å². The third kappa shape index (κ3) is 7.81. The lowest BCUT2D eigenvalue weighted by Gasteiger charge is -2.12. The van der Waals surface area contributed by atoms with E-state index in [2.05, 4.69) is 25.9 Å². The van der Waals surface area contributed by atoms with Gasteiger partial charge in [0.25, 0.3) is 0 Å². The van der Waals surface area contributed by atoms with Crippen molar-refractivity contribution in [3.63, 3.8) is 0 Å². The lowest BCUT2D eigenvalue weighted by Crippen LogP contribution is -2.38. The molecule has 0 spiro atoms. The predicted octanol–water partition coefficient (Wildman–Crippen LogP) is 3.49. The van der Waals surface area contributed by atoms with Crippen molar-refractivity contribution in [2.45, 2.75) is 33.0 Å². The molecule has 1 heterocycles. The van der Waals surface area contributed by atoms with E-state index in [9.17, 15) is 18.0 Å². The summed E-state index contributed by atoms with van der Waals surface area (Å²) < 4.78 is 37.8. The monoisotopic (exact) mass is 407 g/mol. The number of rotatable bonds is 7. The topological polar surface area (TPSA) is 78.4 Å². The summed E-state index contributed by atoms with van der Waals surface area (Å²) in [6, 6.07) is 10.2. The zero-order valence-corrected chi connectivity index (χ0v) is 16.3. The van der Waals surface area contributed by atoms with Crippen molar-refractivity contribution < 1.29 is 18.0 Å². The number of nitrogens with one attached hydrogen (secondary N) is 3. The van der Waals surface area contributed by atoms with Crippen LogP contribution in [-0.4, -0.2) is 29.9 Å². The molecule has 0 aliphatic rings. The van der Waals surface area contributed by atoms with E-state index < -0.39 is 11.7 Å². The van der Waals surface area contributed by atoms with Crippen molar-refractivity contribution in [1.29, 1.82) is 0 Å². The van der Waals surface area contributed by atoms with Gasteiger partial charge in [-0.2, -0.15) is 13.2 Å². The van der Waals surface area contributed by atoms with Crippen LogP contribution in [0.3, 0.4) is 0 Å². The van der Waals surface area contributed by atoms with Gasteiger partial charge in [-0.25, -0.2) is 9.98 Å². The average Bonchev–Trinajstić information content (AvgIpc) is 2.65. The number of halogens is 3. The van der Waals surface area contributed by atoms with E-state index in [4.69, 9.17) is 0 Å². The number of benzene rings is 1. The van der Waals surface area contributed by atoms with Crippen molar-refractivity contribution in [3.05, 3.63) is 59.3 Å². The fraction of sp³-hybridized carbons (Fsp3) is 0.350. The molecule has 2 aromatic rings. The number of aryl methyl sites for hydroxylation is 1. The number of carbonyl (C=O) groups is 1. The van der Waals surface area contributed by atoms with Crippen molar-refractivity contribution >= 4 is 17.7 Å². The number of pyridine rings is 1. The number of carbonyl (C=O) groups excluding carboxylic acids is 1. The molecule has 0 atom stereocenters. The highest BCUT2D eigenvalue weighted by Gasteiger charge is 2.29. The van der Waals surface area contributed by atoms with Crippen LogP contribution in [0.4, 0.5) is 19.0 Å². The highest BCUT2D eigenvalue weighted by Crippen LogP contribution is 2.29. The molecule has 156 valence electrons. The van der Waals surface area contributed by atoms with Gasteiger partial charge in [0, 0.05) is 25.2 Å². The summed E-state index contributed by atoms with van der Waals surface area (Å²) in [4.78, 5) is 20.6. The van der Waals surface area contributed by atoms with E-state index in [1.54, 1.807) is 6.07 Å². The lowest BCUT2D eigenvalue weighted by molar-refractivity contribution is -0.137. The first-order chi connectivity index (χ1) is 13.8. The summed E-state index contributed by atoms with van der Waals surface area (Å²) in [6.45, 7) is 4.90. The van der Waals surface area contributed by atoms with Crippen LogP contribution in [0.5, 0.6) is 0 Å². The van der Waals surface area contributed by atoms with Gasteiger partial charge >= 0.3 is 6.18 Å². The van der Waals surface area contributed by atoms with Gasteiger partial charge in [-0.05, 0) is 43.7 Å². The van der Waals surface area contributed by atoms with E-state index in [-0.39, 0.29) is 18.9 Å². The van der Waals surface area contributed by atoms with Crippen molar-refractivity contribution in [2.24, 2.45) is 4.99 Å². The molecule has 1 aromatic heterocycles. The number of alkyl halides is 3. The molecule has 0 saturated carbocycles. The maximum absolute atomic E-state index is 12.6. The number of aromatic nitrogens is 1. The Kier molecular flexibility index (Phi) is 7.99. The molecule has 29 heavy (non-hydrogen) atoms. The fourth-order valence-electron chi connectivity index (χ4n) is 2.42. The summed E-state index contributed by atoms with van der Waals surface area (Å²) in [7, 11) is 0. The van der Waals surface area contributed by atoms with Gasteiger partial charge in [0.2, 0.25) is 5.91 Å². The molecule has 0 bridgehead atoms. The summed E-state index contributed by atoms with van der Waals surface area (Å²) in [6.07, 6.45) is -4.15. The van der Waals surface area contributed by atoms with Crippen LogP contribution < -0.4 is 16.0 Å². The molecule has 6 nitrogen and oxygen atoms in total. The Labute approximate surface area is 167 Å². The van der Waals surface area contributed by atoms with Gasteiger partial charge in [0.05, 0.1) is 12.1 Å². The SMILES string of the molecule is CCNC(=NCc1ccc(C(F)(F)F)cc1)NCCC(=O)Nc1cccc(C)n1. The number of nitrogens with zero attached hydrogens (tertiary/aromatic N) is 2. The first kappa shape index (κ1) is 22.2. The summed E-state index contributed by atoms with van der Waals surface area (Å²) in [5.41, 5.74) is 0.772. The number of hydrogen-bond acceptors (Lipinski definition) is 3. The summed E-state index contributed by atoms with van der Waals surface area (Å²) in [5, 5.41) is 8.79. The standard InChI is InChI=1S/C20H24F3N5O/c1-3-24-19(26-13-15-7-9-16(10-8-15)20(21,22)23)25-12-11-18(29)28-17-6-4-5-14(2)27-17/h4-10H,3,11-13H2,1-2H3,(H2,24,25,26)(H,27,28,29). The molecule has 0 aliphatic heterocycles. The third-order valence-electron chi connectivity index (χ3n) is 3.85. The zero-order valence-electron chi connectivity index (χ0n) is 16.3. The Morgan fingerprint density at radius 1 is 1.10 bits per heavy atom. The molecule has 0 radical (unpaired) electrons. The van der Waals surface area contributed by atoms with Gasteiger partial charge in [-0.15, -0.1) is 0 Å². The van der Waals surface area contributed by atoms with Gasteiger partial charge < -0.3 is 16.0 Å². The largest absolute Gasteiger partial charge is 0.416 e. The van der Waals surface area contributed by atoms with Gasteiger partial charge in [-0.1, -0.05) is 18.2 Å². The van der Waals surface area contributed by atoms with Crippen LogP contribution in [0, 0.1) is 6.92 Å². The minimum atomic E-state index is -4.35. The Morgan fingerprint density at radius 3 is 2.45 bits per heavy atom. The Bertz CT molecular complexity index is 835. The van der Waals surface area contributed by atoms with Crippen LogP contribution in [0.25, 0.3) is 0 Å². The molecule has 2 rings (SSSR count). The molecule has 1 amide bonds. The smallest absolute Gasteiger partial charge is 0.357 e. The van der Waals surface area contributed by atoms with E-state index >= 15 is 0 Å². The Hall–Kier alpha value is -3.10. The maximum Gasteiger partial charge on any atom is 0.416 e. The van der Waals surface area contributed by atoms with Crippen LogP contribution in [-0.2, 0) is 17.5 Å².